The van der Waals surface area contributed by atoms with Gasteiger partial charge in [-0.05, 0) is 32.1 Å². The lowest BCUT2D eigenvalue weighted by molar-refractivity contribution is 0.192. The SMILES string of the molecule is COCCCCCNc1nc(NN)nc(N2CCCC2)n1. The van der Waals surface area contributed by atoms with Crippen LogP contribution in [-0.2, 0) is 4.74 Å². The van der Waals surface area contributed by atoms with Crippen molar-refractivity contribution in [1.82, 2.24) is 15.0 Å². The molecule has 1 saturated heterocycles. The van der Waals surface area contributed by atoms with Crippen molar-refractivity contribution >= 4 is 17.8 Å². The molecular weight excluding hydrogens is 270 g/mol. The van der Waals surface area contributed by atoms with Gasteiger partial charge in [0.25, 0.3) is 0 Å². The zero-order valence-corrected chi connectivity index (χ0v) is 12.6. The molecule has 2 heterocycles. The molecule has 21 heavy (non-hydrogen) atoms. The smallest absolute Gasteiger partial charge is 0.243 e. The number of nitrogens with zero attached hydrogens (tertiary/aromatic N) is 4. The molecule has 0 atom stereocenters. The summed E-state index contributed by atoms with van der Waals surface area (Å²) in [6, 6.07) is 0. The van der Waals surface area contributed by atoms with Crippen LogP contribution in [0.1, 0.15) is 32.1 Å². The van der Waals surface area contributed by atoms with Crippen molar-refractivity contribution in [1.29, 1.82) is 0 Å². The van der Waals surface area contributed by atoms with E-state index in [-0.39, 0.29) is 0 Å². The molecule has 0 spiro atoms. The molecular formula is C13H25N7O. The number of nitrogen functional groups attached to an aromatic ring is 1. The van der Waals surface area contributed by atoms with Crippen molar-refractivity contribution in [2.45, 2.75) is 32.1 Å². The Morgan fingerprint density at radius 3 is 2.57 bits per heavy atom. The van der Waals surface area contributed by atoms with E-state index in [1.54, 1.807) is 7.11 Å². The Hall–Kier alpha value is -1.67. The van der Waals surface area contributed by atoms with Gasteiger partial charge in [-0.15, -0.1) is 0 Å². The maximum atomic E-state index is 5.43. The molecule has 0 aliphatic carbocycles. The third-order valence-corrected chi connectivity index (χ3v) is 3.45. The van der Waals surface area contributed by atoms with Crippen LogP contribution in [0.3, 0.4) is 0 Å². The van der Waals surface area contributed by atoms with Crippen LogP contribution in [0.25, 0.3) is 0 Å². The van der Waals surface area contributed by atoms with Crippen LogP contribution in [0.4, 0.5) is 17.8 Å². The third kappa shape index (κ3) is 4.98. The van der Waals surface area contributed by atoms with E-state index in [2.05, 4.69) is 30.6 Å². The molecule has 0 bridgehead atoms. The van der Waals surface area contributed by atoms with E-state index in [1.807, 2.05) is 0 Å². The predicted molar refractivity (Wildman–Crippen MR) is 83.3 cm³/mol. The second-order valence-electron chi connectivity index (χ2n) is 5.10. The summed E-state index contributed by atoms with van der Waals surface area (Å²) in [5, 5.41) is 3.23. The highest BCUT2D eigenvalue weighted by Crippen LogP contribution is 2.18. The van der Waals surface area contributed by atoms with Crippen LogP contribution >= 0.6 is 0 Å². The first-order chi connectivity index (χ1) is 10.3. The molecule has 1 aromatic heterocycles. The van der Waals surface area contributed by atoms with Crippen LogP contribution in [0.15, 0.2) is 0 Å². The van der Waals surface area contributed by atoms with E-state index in [9.17, 15) is 0 Å². The molecule has 1 fully saturated rings. The molecule has 0 unspecified atom stereocenters. The van der Waals surface area contributed by atoms with E-state index >= 15 is 0 Å². The first kappa shape index (κ1) is 15.7. The third-order valence-electron chi connectivity index (χ3n) is 3.45. The molecule has 8 nitrogen and oxygen atoms in total. The molecule has 8 heteroatoms. The molecule has 4 N–H and O–H groups in total. The number of anilines is 3. The van der Waals surface area contributed by atoms with Gasteiger partial charge in [0.05, 0.1) is 0 Å². The molecule has 1 aliphatic heterocycles. The summed E-state index contributed by atoms with van der Waals surface area (Å²) in [4.78, 5) is 15.2. The number of nitrogens with two attached hydrogens (primary N) is 1. The number of hydrogen-bond acceptors (Lipinski definition) is 8. The van der Waals surface area contributed by atoms with E-state index in [0.29, 0.717) is 17.8 Å². The number of ether oxygens (including phenoxy) is 1. The maximum absolute atomic E-state index is 5.43. The molecule has 1 aliphatic rings. The van der Waals surface area contributed by atoms with Crippen LogP contribution in [0, 0.1) is 0 Å². The zero-order chi connectivity index (χ0) is 14.9. The fourth-order valence-corrected chi connectivity index (χ4v) is 2.32. The lowest BCUT2D eigenvalue weighted by atomic mass is 10.2. The quantitative estimate of drug-likeness (QED) is 0.352. The molecule has 1 aromatic rings. The summed E-state index contributed by atoms with van der Waals surface area (Å²) >= 11 is 0. The molecule has 118 valence electrons. The van der Waals surface area contributed by atoms with E-state index in [1.165, 1.54) is 12.8 Å². The van der Waals surface area contributed by atoms with Gasteiger partial charge in [0.2, 0.25) is 17.8 Å². The fraction of sp³-hybridized carbons (Fsp3) is 0.769. The van der Waals surface area contributed by atoms with E-state index in [0.717, 1.165) is 45.5 Å². The number of methoxy groups -OCH3 is 1. The van der Waals surface area contributed by atoms with Crippen molar-refractivity contribution in [2.75, 3.05) is 49.0 Å². The van der Waals surface area contributed by atoms with E-state index in [4.69, 9.17) is 10.6 Å². The summed E-state index contributed by atoms with van der Waals surface area (Å²) < 4.78 is 5.03. The second kappa shape index (κ2) is 8.58. The monoisotopic (exact) mass is 295 g/mol. The van der Waals surface area contributed by atoms with E-state index < -0.39 is 0 Å². The number of aromatic nitrogens is 3. The Bertz CT molecular complexity index is 423. The molecule has 0 amide bonds. The van der Waals surface area contributed by atoms with Gasteiger partial charge in [-0.3, -0.25) is 5.43 Å². The topological polar surface area (TPSA) is 101 Å². The standard InChI is InChI=1S/C13H25N7O/c1-21-10-6-2-3-7-15-11-16-12(19-14)18-13(17-11)20-8-4-5-9-20/h2-10,14H2,1H3,(H2,15,16,17,18,19). The molecule has 0 saturated carbocycles. The van der Waals surface area contributed by atoms with Crippen molar-refractivity contribution in [3.05, 3.63) is 0 Å². The maximum Gasteiger partial charge on any atom is 0.243 e. The summed E-state index contributed by atoms with van der Waals surface area (Å²) in [6.45, 7) is 3.62. The highest BCUT2D eigenvalue weighted by Gasteiger charge is 2.17. The fourth-order valence-electron chi connectivity index (χ4n) is 2.32. The highest BCUT2D eigenvalue weighted by molar-refractivity contribution is 5.43. The van der Waals surface area contributed by atoms with Crippen molar-refractivity contribution in [2.24, 2.45) is 5.84 Å². The van der Waals surface area contributed by atoms with Gasteiger partial charge in [0.1, 0.15) is 0 Å². The van der Waals surface area contributed by atoms with Crippen molar-refractivity contribution in [3.63, 3.8) is 0 Å². The minimum atomic E-state index is 0.397. The van der Waals surface area contributed by atoms with Crippen molar-refractivity contribution < 1.29 is 4.74 Å². The molecule has 0 radical (unpaired) electrons. The summed E-state index contributed by atoms with van der Waals surface area (Å²) in [6.07, 6.45) is 5.61. The van der Waals surface area contributed by atoms with Crippen molar-refractivity contribution in [3.8, 4) is 0 Å². The Morgan fingerprint density at radius 2 is 1.86 bits per heavy atom. The minimum absolute atomic E-state index is 0.397. The van der Waals surface area contributed by atoms with Gasteiger partial charge in [-0.2, -0.15) is 15.0 Å². The average molecular weight is 295 g/mol. The van der Waals surface area contributed by atoms with Gasteiger partial charge >= 0.3 is 0 Å². The lowest BCUT2D eigenvalue weighted by Crippen LogP contribution is -2.23. The summed E-state index contributed by atoms with van der Waals surface area (Å²) in [5.74, 6) is 7.10. The second-order valence-corrected chi connectivity index (χ2v) is 5.10. The zero-order valence-electron chi connectivity index (χ0n) is 12.6. The largest absolute Gasteiger partial charge is 0.385 e. The molecule has 0 aromatic carbocycles. The first-order valence-electron chi connectivity index (χ1n) is 7.54. The van der Waals surface area contributed by atoms with Crippen LogP contribution in [0.2, 0.25) is 0 Å². The number of hydrogen-bond donors (Lipinski definition) is 3. The number of rotatable bonds is 9. The average Bonchev–Trinajstić information content (AvgIpc) is 3.05. The van der Waals surface area contributed by atoms with Crippen LogP contribution < -0.4 is 21.5 Å². The van der Waals surface area contributed by atoms with Gasteiger partial charge in [0, 0.05) is 33.4 Å². The Kier molecular flexibility index (Phi) is 6.42. The normalized spacial score (nSPS) is 14.5. The Labute approximate surface area is 125 Å². The summed E-state index contributed by atoms with van der Waals surface area (Å²) in [7, 11) is 1.73. The highest BCUT2D eigenvalue weighted by atomic mass is 16.5. The van der Waals surface area contributed by atoms with Gasteiger partial charge < -0.3 is 15.0 Å². The summed E-state index contributed by atoms with van der Waals surface area (Å²) in [5.41, 5.74) is 2.50. The molecule has 2 rings (SSSR count). The van der Waals surface area contributed by atoms with Gasteiger partial charge in [0.15, 0.2) is 0 Å². The first-order valence-corrected chi connectivity index (χ1v) is 7.54. The van der Waals surface area contributed by atoms with Crippen LogP contribution in [0.5, 0.6) is 0 Å². The number of unbranched alkanes of at least 4 members (excludes halogenated alkanes) is 2. The minimum Gasteiger partial charge on any atom is -0.385 e. The van der Waals surface area contributed by atoms with Gasteiger partial charge in [-0.25, -0.2) is 5.84 Å². The van der Waals surface area contributed by atoms with Gasteiger partial charge in [-0.1, -0.05) is 0 Å². The lowest BCUT2D eigenvalue weighted by Gasteiger charge is -2.16. The predicted octanol–water partition coefficient (Wildman–Crippen LogP) is 0.986. The van der Waals surface area contributed by atoms with Crippen LogP contribution in [-0.4, -0.2) is 48.3 Å². The Balaban J connectivity index is 1.87. The number of hydrazine groups is 1. The Morgan fingerprint density at radius 1 is 1.10 bits per heavy atom. The number of nitrogens with one attached hydrogen (secondary N) is 2.